The molecule has 1 amide bonds. The first kappa shape index (κ1) is 15.2. The molecule has 0 aliphatic rings. The Morgan fingerprint density at radius 1 is 1.17 bits per heavy atom. The van der Waals surface area contributed by atoms with Gasteiger partial charge in [-0.05, 0) is 42.7 Å². The number of thioether (sulfide) groups is 1. The van der Waals surface area contributed by atoms with Crippen LogP contribution in [0.4, 0.5) is 10.1 Å². The largest absolute Gasteiger partial charge is 0.321 e. The van der Waals surface area contributed by atoms with E-state index in [1.165, 1.54) is 30.1 Å². The van der Waals surface area contributed by atoms with Gasteiger partial charge in [0.15, 0.2) is 5.16 Å². The maximum Gasteiger partial charge on any atom is 0.274 e. The number of imidazole rings is 1. The molecule has 5 nitrogen and oxygen atoms in total. The van der Waals surface area contributed by atoms with Crippen molar-refractivity contribution < 1.29 is 9.18 Å². The van der Waals surface area contributed by atoms with Crippen LogP contribution >= 0.6 is 11.8 Å². The van der Waals surface area contributed by atoms with E-state index < -0.39 is 0 Å². The summed E-state index contributed by atoms with van der Waals surface area (Å²) in [6.07, 6.45) is 6.57. The van der Waals surface area contributed by atoms with Crippen molar-refractivity contribution in [1.29, 1.82) is 0 Å². The molecule has 23 heavy (non-hydrogen) atoms. The van der Waals surface area contributed by atoms with Crippen molar-refractivity contribution in [2.75, 3.05) is 11.6 Å². The summed E-state index contributed by atoms with van der Waals surface area (Å²) in [4.78, 5) is 20.7. The van der Waals surface area contributed by atoms with Crippen molar-refractivity contribution in [3.8, 4) is 5.69 Å². The number of hydrogen-bond acceptors (Lipinski definition) is 4. The second-order valence-electron chi connectivity index (χ2n) is 4.63. The molecule has 0 unspecified atom stereocenters. The van der Waals surface area contributed by atoms with E-state index in [-0.39, 0.29) is 11.7 Å². The van der Waals surface area contributed by atoms with Gasteiger partial charge >= 0.3 is 0 Å². The number of benzene rings is 1. The minimum absolute atomic E-state index is 0.298. The number of aromatic nitrogens is 3. The molecule has 0 atom stereocenters. The molecule has 2 aromatic heterocycles. The summed E-state index contributed by atoms with van der Waals surface area (Å²) in [7, 11) is 0. The van der Waals surface area contributed by atoms with E-state index in [9.17, 15) is 9.18 Å². The van der Waals surface area contributed by atoms with Crippen LogP contribution in [0, 0.1) is 5.82 Å². The molecule has 0 fully saturated rings. The molecular weight excluding hydrogens is 315 g/mol. The summed E-state index contributed by atoms with van der Waals surface area (Å²) in [5, 5.41) is 3.44. The molecule has 3 rings (SSSR count). The number of carbonyl (C=O) groups excluding carboxylic acids is 1. The molecule has 1 aromatic carbocycles. The van der Waals surface area contributed by atoms with E-state index in [0.29, 0.717) is 22.2 Å². The van der Waals surface area contributed by atoms with Crippen LogP contribution in [0.25, 0.3) is 5.69 Å². The lowest BCUT2D eigenvalue weighted by molar-refractivity contribution is 0.102. The molecule has 3 aromatic rings. The van der Waals surface area contributed by atoms with Crippen LogP contribution < -0.4 is 5.32 Å². The Kier molecular flexibility index (Phi) is 4.38. The fourth-order valence-corrected chi connectivity index (χ4v) is 2.65. The number of pyridine rings is 1. The quantitative estimate of drug-likeness (QED) is 0.746. The fraction of sp³-hybridized carbons (Fsp3) is 0.0625. The Morgan fingerprint density at radius 2 is 1.87 bits per heavy atom. The van der Waals surface area contributed by atoms with Gasteiger partial charge in [0.2, 0.25) is 0 Å². The Morgan fingerprint density at radius 3 is 2.52 bits per heavy atom. The third-order valence-electron chi connectivity index (χ3n) is 3.17. The third-order valence-corrected chi connectivity index (χ3v) is 3.82. The lowest BCUT2D eigenvalue weighted by Crippen LogP contribution is -2.16. The first-order valence-electron chi connectivity index (χ1n) is 6.78. The van der Waals surface area contributed by atoms with Gasteiger partial charge in [-0.3, -0.25) is 14.3 Å². The van der Waals surface area contributed by atoms with Crippen molar-refractivity contribution >= 4 is 23.4 Å². The molecule has 0 saturated carbocycles. The van der Waals surface area contributed by atoms with Gasteiger partial charge in [0.1, 0.15) is 11.5 Å². The van der Waals surface area contributed by atoms with E-state index in [4.69, 9.17) is 0 Å². The van der Waals surface area contributed by atoms with E-state index in [2.05, 4.69) is 15.3 Å². The molecule has 0 aliphatic carbocycles. The molecule has 116 valence electrons. The van der Waals surface area contributed by atoms with Crippen LogP contribution in [0.2, 0.25) is 0 Å². The van der Waals surface area contributed by atoms with Gasteiger partial charge in [0, 0.05) is 23.8 Å². The lowest BCUT2D eigenvalue weighted by Gasteiger charge is -2.11. The van der Waals surface area contributed by atoms with Crippen LogP contribution in [-0.2, 0) is 0 Å². The summed E-state index contributed by atoms with van der Waals surface area (Å²) in [5.74, 6) is -0.629. The minimum Gasteiger partial charge on any atom is -0.321 e. The minimum atomic E-state index is -0.331. The van der Waals surface area contributed by atoms with Crippen molar-refractivity contribution in [3.05, 3.63) is 66.5 Å². The molecular formula is C16H13FN4OS. The van der Waals surface area contributed by atoms with E-state index in [1.54, 1.807) is 41.2 Å². The van der Waals surface area contributed by atoms with Gasteiger partial charge in [-0.1, -0.05) is 11.8 Å². The topological polar surface area (TPSA) is 59.8 Å². The van der Waals surface area contributed by atoms with Crippen LogP contribution in [0.15, 0.2) is 60.1 Å². The Bertz CT molecular complexity index is 818. The van der Waals surface area contributed by atoms with Gasteiger partial charge in [-0.2, -0.15) is 0 Å². The monoisotopic (exact) mass is 328 g/mol. The highest BCUT2D eigenvalue weighted by atomic mass is 32.2. The number of amides is 1. The summed E-state index contributed by atoms with van der Waals surface area (Å²) in [6.45, 7) is 0. The predicted molar refractivity (Wildman–Crippen MR) is 87.5 cm³/mol. The maximum atomic E-state index is 13.1. The fourth-order valence-electron chi connectivity index (χ4n) is 2.11. The molecule has 2 heterocycles. The Balaban J connectivity index is 1.98. The SMILES string of the molecule is CSc1ncc(C(=O)Nc2ccncc2)n1-c1ccc(F)cc1. The molecule has 0 spiro atoms. The van der Waals surface area contributed by atoms with Gasteiger partial charge in [-0.15, -0.1) is 0 Å². The average Bonchev–Trinajstić information content (AvgIpc) is 3.00. The normalized spacial score (nSPS) is 10.5. The van der Waals surface area contributed by atoms with E-state index in [1.807, 2.05) is 6.26 Å². The molecule has 0 radical (unpaired) electrons. The summed E-state index contributed by atoms with van der Waals surface area (Å²) in [5.41, 5.74) is 1.69. The molecule has 7 heteroatoms. The van der Waals surface area contributed by atoms with Crippen LogP contribution in [0.5, 0.6) is 0 Å². The van der Waals surface area contributed by atoms with Crippen LogP contribution in [0.1, 0.15) is 10.5 Å². The number of anilines is 1. The highest BCUT2D eigenvalue weighted by Gasteiger charge is 2.17. The van der Waals surface area contributed by atoms with Crippen LogP contribution in [0.3, 0.4) is 0 Å². The average molecular weight is 328 g/mol. The summed E-state index contributed by atoms with van der Waals surface area (Å²) >= 11 is 1.41. The van der Waals surface area contributed by atoms with E-state index >= 15 is 0 Å². The zero-order valence-corrected chi connectivity index (χ0v) is 13.0. The third kappa shape index (κ3) is 3.24. The van der Waals surface area contributed by atoms with Gasteiger partial charge in [0.05, 0.1) is 6.20 Å². The summed E-state index contributed by atoms with van der Waals surface area (Å²) in [6, 6.07) is 9.33. The predicted octanol–water partition coefficient (Wildman–Crippen LogP) is 3.38. The molecule has 0 bridgehead atoms. The first-order valence-corrected chi connectivity index (χ1v) is 8.00. The zero-order chi connectivity index (χ0) is 16.2. The summed E-state index contributed by atoms with van der Waals surface area (Å²) < 4.78 is 14.8. The van der Waals surface area contributed by atoms with Crippen molar-refractivity contribution in [3.63, 3.8) is 0 Å². The second kappa shape index (κ2) is 6.62. The standard InChI is InChI=1S/C16H13FN4OS/c1-23-16-19-10-14(15(22)20-12-6-8-18-9-7-12)21(16)13-4-2-11(17)3-5-13/h2-10H,1H3,(H,18,20,22). The molecule has 0 aliphatic heterocycles. The zero-order valence-electron chi connectivity index (χ0n) is 12.2. The lowest BCUT2D eigenvalue weighted by atomic mass is 10.3. The second-order valence-corrected chi connectivity index (χ2v) is 5.41. The number of nitrogens with one attached hydrogen (secondary N) is 1. The van der Waals surface area contributed by atoms with Gasteiger partial charge in [-0.25, -0.2) is 9.37 Å². The number of halogens is 1. The number of nitrogens with zero attached hydrogens (tertiary/aromatic N) is 3. The Labute approximate surface area is 136 Å². The van der Waals surface area contributed by atoms with Crippen LogP contribution in [-0.4, -0.2) is 26.7 Å². The van der Waals surface area contributed by atoms with Crippen molar-refractivity contribution in [2.45, 2.75) is 5.16 Å². The first-order chi connectivity index (χ1) is 11.2. The molecule has 0 saturated heterocycles. The smallest absolute Gasteiger partial charge is 0.274 e. The van der Waals surface area contributed by atoms with Crippen molar-refractivity contribution in [1.82, 2.24) is 14.5 Å². The van der Waals surface area contributed by atoms with Crippen molar-refractivity contribution in [2.24, 2.45) is 0 Å². The number of carbonyl (C=O) groups is 1. The Hall–Kier alpha value is -2.67. The molecule has 1 N–H and O–H groups in total. The van der Waals surface area contributed by atoms with E-state index in [0.717, 1.165) is 0 Å². The number of rotatable bonds is 4. The van der Waals surface area contributed by atoms with Gasteiger partial charge < -0.3 is 5.32 Å². The number of hydrogen-bond donors (Lipinski definition) is 1. The van der Waals surface area contributed by atoms with Gasteiger partial charge in [0.25, 0.3) is 5.91 Å². The highest BCUT2D eigenvalue weighted by Crippen LogP contribution is 2.22. The maximum absolute atomic E-state index is 13.1. The highest BCUT2D eigenvalue weighted by molar-refractivity contribution is 7.98.